The van der Waals surface area contributed by atoms with Crippen LogP contribution in [0, 0.1) is 0 Å². The number of nitrogens with zero attached hydrogens (tertiary/aromatic N) is 3. The van der Waals surface area contributed by atoms with Gasteiger partial charge in [-0.2, -0.15) is 0 Å². The number of hydrogen-bond acceptors (Lipinski definition) is 6. The van der Waals surface area contributed by atoms with Crippen LogP contribution in [0.3, 0.4) is 0 Å². The molecule has 1 atom stereocenters. The van der Waals surface area contributed by atoms with Crippen LogP contribution in [0.4, 0.5) is 15.6 Å². The van der Waals surface area contributed by atoms with Crippen LogP contribution in [-0.2, 0) is 4.79 Å². The van der Waals surface area contributed by atoms with Crippen LogP contribution in [-0.4, -0.2) is 27.8 Å². The first-order valence-corrected chi connectivity index (χ1v) is 10.1. The highest BCUT2D eigenvalue weighted by Crippen LogP contribution is 2.37. The van der Waals surface area contributed by atoms with Crippen molar-refractivity contribution in [3.63, 3.8) is 0 Å². The Kier molecular flexibility index (Phi) is 4.36. The van der Waals surface area contributed by atoms with E-state index in [0.29, 0.717) is 21.5 Å². The van der Waals surface area contributed by atoms with Crippen molar-refractivity contribution in [3.8, 4) is 0 Å². The van der Waals surface area contributed by atoms with Gasteiger partial charge in [-0.05, 0) is 18.6 Å². The van der Waals surface area contributed by atoms with Crippen LogP contribution in [0.15, 0.2) is 65.3 Å². The first-order chi connectivity index (χ1) is 14.6. The van der Waals surface area contributed by atoms with Gasteiger partial charge in [0, 0.05) is 16.8 Å². The Balaban J connectivity index is 1.54. The second kappa shape index (κ2) is 7.20. The van der Waals surface area contributed by atoms with Crippen LogP contribution < -0.4 is 16.0 Å². The fourth-order valence-electron chi connectivity index (χ4n) is 3.55. The minimum Gasteiger partial charge on any atom is -0.327 e. The third-order valence-electron chi connectivity index (χ3n) is 4.90. The summed E-state index contributed by atoms with van der Waals surface area (Å²) in [5.41, 5.74) is 4.24. The molecule has 9 heteroatoms. The molecule has 5 rings (SSSR count). The zero-order chi connectivity index (χ0) is 20.7. The zero-order valence-electron chi connectivity index (χ0n) is 15.8. The molecule has 0 saturated heterocycles. The van der Waals surface area contributed by atoms with Crippen molar-refractivity contribution in [2.45, 2.75) is 13.0 Å². The van der Waals surface area contributed by atoms with Gasteiger partial charge in [0.25, 0.3) is 5.91 Å². The fraction of sp³-hybridized carbons (Fsp3) is 0.0952. The van der Waals surface area contributed by atoms with E-state index in [1.54, 1.807) is 0 Å². The van der Waals surface area contributed by atoms with Crippen molar-refractivity contribution >= 4 is 45.4 Å². The molecule has 2 aliphatic rings. The fourth-order valence-corrected chi connectivity index (χ4v) is 4.41. The third kappa shape index (κ3) is 3.15. The van der Waals surface area contributed by atoms with Crippen molar-refractivity contribution in [1.29, 1.82) is 0 Å². The summed E-state index contributed by atoms with van der Waals surface area (Å²) in [6, 6.07) is 16.4. The summed E-state index contributed by atoms with van der Waals surface area (Å²) in [5.74, 6) is -0.267. The predicted octanol–water partition coefficient (Wildman–Crippen LogP) is 3.40. The lowest BCUT2D eigenvalue weighted by molar-refractivity contribution is -0.110. The molecular weight excluding hydrogens is 400 g/mol. The van der Waals surface area contributed by atoms with Gasteiger partial charge >= 0.3 is 6.03 Å². The van der Waals surface area contributed by atoms with E-state index in [9.17, 15) is 9.59 Å². The van der Waals surface area contributed by atoms with Gasteiger partial charge < -0.3 is 16.0 Å². The monoisotopic (exact) mass is 416 g/mol. The molecule has 3 amide bonds. The first-order valence-electron chi connectivity index (χ1n) is 9.26. The van der Waals surface area contributed by atoms with E-state index >= 15 is 0 Å². The number of amides is 3. The van der Waals surface area contributed by atoms with Crippen molar-refractivity contribution in [2.75, 3.05) is 5.32 Å². The second-order valence-electron chi connectivity index (χ2n) is 6.83. The number of carbonyl (C=O) groups excluding carboxylic acids is 2. The molecule has 8 nitrogen and oxygen atoms in total. The van der Waals surface area contributed by atoms with Crippen LogP contribution >= 0.6 is 11.3 Å². The second-order valence-corrected chi connectivity index (χ2v) is 7.79. The average Bonchev–Trinajstić information content (AvgIpc) is 3.33. The number of fused-ring (bicyclic) bond motifs is 1. The van der Waals surface area contributed by atoms with E-state index in [2.05, 4.69) is 31.1 Å². The quantitative estimate of drug-likeness (QED) is 0.608. The molecule has 0 saturated carbocycles. The summed E-state index contributed by atoms with van der Waals surface area (Å²) in [6.45, 7) is 1.83. The number of allylic oxidation sites excluding steroid dienone is 1. The Morgan fingerprint density at radius 3 is 2.57 bits per heavy atom. The number of aliphatic imine (C=N–C) groups is 1. The Hall–Kier alpha value is -3.85. The van der Waals surface area contributed by atoms with Gasteiger partial charge in [0.2, 0.25) is 5.13 Å². The predicted molar refractivity (Wildman–Crippen MR) is 115 cm³/mol. The van der Waals surface area contributed by atoms with Crippen LogP contribution in [0.25, 0.3) is 5.57 Å². The molecule has 1 aromatic heterocycles. The van der Waals surface area contributed by atoms with E-state index in [1.165, 1.54) is 11.3 Å². The summed E-state index contributed by atoms with van der Waals surface area (Å²) >= 11 is 1.27. The molecule has 0 aliphatic carbocycles. The molecule has 2 aromatic carbocycles. The molecule has 2 aliphatic heterocycles. The maximum Gasteiger partial charge on any atom is 0.319 e. The minimum absolute atomic E-state index is 0.267. The topological polar surface area (TPSA) is 108 Å². The molecule has 3 N–H and O–H groups in total. The number of urea groups is 1. The van der Waals surface area contributed by atoms with Gasteiger partial charge in [-0.1, -0.05) is 59.9 Å². The van der Waals surface area contributed by atoms with E-state index in [4.69, 9.17) is 0 Å². The van der Waals surface area contributed by atoms with Crippen molar-refractivity contribution in [1.82, 2.24) is 20.8 Å². The van der Waals surface area contributed by atoms with Gasteiger partial charge in [0.05, 0.1) is 11.7 Å². The summed E-state index contributed by atoms with van der Waals surface area (Å²) in [5, 5.41) is 18.0. The van der Waals surface area contributed by atoms with Gasteiger partial charge in [0.15, 0.2) is 0 Å². The van der Waals surface area contributed by atoms with Crippen molar-refractivity contribution < 1.29 is 9.59 Å². The number of para-hydroxylation sites is 1. The number of rotatable bonds is 3. The third-order valence-corrected chi connectivity index (χ3v) is 5.75. The molecule has 148 valence electrons. The molecule has 0 radical (unpaired) electrons. The molecule has 0 spiro atoms. The van der Waals surface area contributed by atoms with Gasteiger partial charge in [0.1, 0.15) is 10.7 Å². The van der Waals surface area contributed by atoms with Crippen molar-refractivity contribution in [3.05, 3.63) is 76.4 Å². The Morgan fingerprint density at radius 2 is 1.73 bits per heavy atom. The standard InChI is InChI=1S/C21H16N6O2S/c1-11-15(16(24-20(29)22-11)12-7-3-2-4-8-12)19-26-27-21(30-19)25-17-13-9-5-6-10-14(13)23-18(17)28/h2-10,16H,1H3,(H2,22,24,29)(H,23,25,27,28). The maximum atomic E-state index is 12.3. The Morgan fingerprint density at radius 1 is 0.967 bits per heavy atom. The molecule has 0 fully saturated rings. The van der Waals surface area contributed by atoms with Crippen LogP contribution in [0.5, 0.6) is 0 Å². The Labute approximate surface area is 175 Å². The summed E-state index contributed by atoms with van der Waals surface area (Å²) in [7, 11) is 0. The van der Waals surface area contributed by atoms with E-state index < -0.39 is 0 Å². The smallest absolute Gasteiger partial charge is 0.319 e. The number of nitrogens with one attached hydrogen (secondary N) is 3. The van der Waals surface area contributed by atoms with E-state index in [-0.39, 0.29) is 18.0 Å². The average molecular weight is 416 g/mol. The lowest BCUT2D eigenvalue weighted by Crippen LogP contribution is -2.42. The van der Waals surface area contributed by atoms with Gasteiger partial charge in [-0.25, -0.2) is 9.79 Å². The number of benzene rings is 2. The molecule has 3 aromatic rings. The first kappa shape index (κ1) is 18.2. The van der Waals surface area contributed by atoms with Gasteiger partial charge in [-0.3, -0.25) is 4.79 Å². The zero-order valence-corrected chi connectivity index (χ0v) is 16.7. The molecule has 0 bridgehead atoms. The molecule has 3 heterocycles. The van der Waals surface area contributed by atoms with Crippen molar-refractivity contribution in [2.24, 2.45) is 4.99 Å². The highest BCUT2D eigenvalue weighted by atomic mass is 32.1. The van der Waals surface area contributed by atoms with Crippen LogP contribution in [0.2, 0.25) is 0 Å². The van der Waals surface area contributed by atoms with Crippen LogP contribution in [0.1, 0.15) is 29.1 Å². The van der Waals surface area contributed by atoms with Gasteiger partial charge in [-0.15, -0.1) is 10.2 Å². The number of hydrogen-bond donors (Lipinski definition) is 3. The highest BCUT2D eigenvalue weighted by molar-refractivity contribution is 7.16. The summed E-state index contributed by atoms with van der Waals surface area (Å²) in [6.07, 6.45) is 0. The molecule has 30 heavy (non-hydrogen) atoms. The molecule has 1 unspecified atom stereocenters. The number of carbonyl (C=O) groups is 2. The summed E-state index contributed by atoms with van der Waals surface area (Å²) < 4.78 is 0. The Bertz CT molecular complexity index is 1230. The SMILES string of the molecule is CC1=C(c2nnc(N=C3C(=O)Nc4ccccc43)s2)C(c2ccccc2)NC(=O)N1. The number of anilines is 1. The number of aromatic nitrogens is 2. The lowest BCUT2D eigenvalue weighted by atomic mass is 9.96. The maximum absolute atomic E-state index is 12.3. The largest absolute Gasteiger partial charge is 0.327 e. The lowest BCUT2D eigenvalue weighted by Gasteiger charge is -2.28. The van der Waals surface area contributed by atoms with E-state index in [0.717, 1.165) is 22.4 Å². The van der Waals surface area contributed by atoms with E-state index in [1.807, 2.05) is 61.5 Å². The highest BCUT2D eigenvalue weighted by Gasteiger charge is 2.30. The molecular formula is C21H16N6O2S. The minimum atomic E-state index is -0.357. The normalized spacial score (nSPS) is 19.4. The summed E-state index contributed by atoms with van der Waals surface area (Å²) in [4.78, 5) is 28.8.